The van der Waals surface area contributed by atoms with E-state index in [-0.39, 0.29) is 13.1 Å². The first-order valence-corrected chi connectivity index (χ1v) is 3.99. The van der Waals surface area contributed by atoms with Gasteiger partial charge in [-0.25, -0.2) is 4.79 Å². The Morgan fingerprint density at radius 1 is 1.50 bits per heavy atom. The lowest BCUT2D eigenvalue weighted by Gasteiger charge is -2.07. The molecule has 0 aromatic carbocycles. The summed E-state index contributed by atoms with van der Waals surface area (Å²) in [4.78, 5) is 10.1. The Morgan fingerprint density at radius 3 is 2.50 bits per heavy atom. The molecule has 0 radical (unpaired) electrons. The molecule has 0 fully saturated rings. The second kappa shape index (κ2) is 5.64. The summed E-state index contributed by atoms with van der Waals surface area (Å²) < 4.78 is 34.9. The lowest BCUT2D eigenvalue weighted by Crippen LogP contribution is -2.23. The number of rotatable bonds is 5. The molecule has 0 rings (SSSR count). The second-order valence-corrected chi connectivity index (χ2v) is 2.87. The highest BCUT2D eigenvalue weighted by atomic mass is 19.4. The van der Waals surface area contributed by atoms with E-state index in [0.29, 0.717) is 5.57 Å². The molecular weight excluding hydrogens is 199 g/mol. The zero-order chi connectivity index (χ0) is 11.2. The zero-order valence-corrected chi connectivity index (χ0v) is 7.69. The lowest BCUT2D eigenvalue weighted by molar-refractivity contribution is -0.133. The minimum Gasteiger partial charge on any atom is -0.478 e. The largest absolute Gasteiger partial charge is 0.478 e. The highest BCUT2D eigenvalue weighted by molar-refractivity contribution is 5.80. The molecule has 0 amide bonds. The highest BCUT2D eigenvalue weighted by Crippen LogP contribution is 2.18. The summed E-state index contributed by atoms with van der Waals surface area (Å²) in [5, 5.41) is 10.8. The predicted octanol–water partition coefficient (Wildman–Crippen LogP) is 1.56. The summed E-state index contributed by atoms with van der Waals surface area (Å²) in [6, 6.07) is 0. The van der Waals surface area contributed by atoms with E-state index in [9.17, 15) is 18.0 Å². The SMILES string of the molecule is CC(=CC(=O)O)CNCCC(F)(F)F. The van der Waals surface area contributed by atoms with Crippen LogP contribution in [0, 0.1) is 0 Å². The van der Waals surface area contributed by atoms with Gasteiger partial charge in [0.2, 0.25) is 0 Å². The van der Waals surface area contributed by atoms with E-state index in [0.717, 1.165) is 6.08 Å². The number of halogens is 3. The van der Waals surface area contributed by atoms with Crippen molar-refractivity contribution in [2.24, 2.45) is 0 Å². The number of carboxylic acids is 1. The topological polar surface area (TPSA) is 49.3 Å². The third kappa shape index (κ3) is 9.05. The van der Waals surface area contributed by atoms with Crippen LogP contribution in [0.25, 0.3) is 0 Å². The van der Waals surface area contributed by atoms with Crippen LogP contribution in [0.2, 0.25) is 0 Å². The lowest BCUT2D eigenvalue weighted by atomic mass is 10.3. The Bertz CT molecular complexity index is 223. The summed E-state index contributed by atoms with van der Waals surface area (Å²) in [7, 11) is 0. The standard InChI is InChI=1S/C8H12F3NO2/c1-6(4-7(13)14)5-12-3-2-8(9,10)11/h4,12H,2-3,5H2,1H3,(H,13,14). The Morgan fingerprint density at radius 2 is 2.07 bits per heavy atom. The van der Waals surface area contributed by atoms with E-state index in [1.54, 1.807) is 0 Å². The number of carbonyl (C=O) groups is 1. The summed E-state index contributed by atoms with van der Waals surface area (Å²) in [5.41, 5.74) is 0.486. The maximum Gasteiger partial charge on any atom is 0.390 e. The van der Waals surface area contributed by atoms with Gasteiger partial charge in [0.25, 0.3) is 0 Å². The average molecular weight is 211 g/mol. The predicted molar refractivity (Wildman–Crippen MR) is 44.9 cm³/mol. The van der Waals surface area contributed by atoms with Gasteiger partial charge in [-0.05, 0) is 6.92 Å². The number of nitrogens with one attached hydrogen (secondary N) is 1. The highest BCUT2D eigenvalue weighted by Gasteiger charge is 2.25. The molecule has 0 aliphatic rings. The molecule has 3 nitrogen and oxygen atoms in total. The van der Waals surface area contributed by atoms with Gasteiger partial charge in [0.15, 0.2) is 0 Å². The van der Waals surface area contributed by atoms with Gasteiger partial charge in [-0.3, -0.25) is 0 Å². The number of hydrogen-bond acceptors (Lipinski definition) is 2. The molecule has 0 atom stereocenters. The van der Waals surface area contributed by atoms with Crippen LogP contribution in [0.15, 0.2) is 11.6 Å². The Kier molecular flexibility index (Phi) is 5.22. The molecule has 0 spiro atoms. The molecule has 2 N–H and O–H groups in total. The van der Waals surface area contributed by atoms with Crippen LogP contribution >= 0.6 is 0 Å². The molecule has 0 bridgehead atoms. The van der Waals surface area contributed by atoms with Crippen LogP contribution < -0.4 is 5.32 Å². The van der Waals surface area contributed by atoms with Crippen LogP contribution in [-0.4, -0.2) is 30.3 Å². The number of alkyl halides is 3. The molecule has 82 valence electrons. The normalized spacial score (nSPS) is 13.0. The van der Waals surface area contributed by atoms with E-state index in [2.05, 4.69) is 5.32 Å². The molecule has 14 heavy (non-hydrogen) atoms. The van der Waals surface area contributed by atoms with Gasteiger partial charge in [-0.15, -0.1) is 0 Å². The number of carboxylic acid groups (broad SMARTS) is 1. The maximum absolute atomic E-state index is 11.6. The van der Waals surface area contributed by atoms with E-state index >= 15 is 0 Å². The Hall–Kier alpha value is -1.04. The van der Waals surface area contributed by atoms with Crippen LogP contribution in [0.1, 0.15) is 13.3 Å². The van der Waals surface area contributed by atoms with Crippen molar-refractivity contribution in [1.82, 2.24) is 5.32 Å². The molecule has 0 saturated carbocycles. The number of aliphatic carboxylic acids is 1. The van der Waals surface area contributed by atoms with Gasteiger partial charge in [0.05, 0.1) is 6.42 Å². The van der Waals surface area contributed by atoms with Gasteiger partial charge >= 0.3 is 12.1 Å². The first-order chi connectivity index (χ1) is 6.31. The van der Waals surface area contributed by atoms with Crippen LogP contribution in [0.3, 0.4) is 0 Å². The Balaban J connectivity index is 3.60. The monoisotopic (exact) mass is 211 g/mol. The molecule has 0 aliphatic heterocycles. The molecule has 0 aliphatic carbocycles. The van der Waals surface area contributed by atoms with Crippen LogP contribution in [0.5, 0.6) is 0 Å². The third-order valence-corrected chi connectivity index (χ3v) is 1.36. The fraction of sp³-hybridized carbons (Fsp3) is 0.625. The molecule has 0 unspecified atom stereocenters. The minimum absolute atomic E-state index is 0.155. The van der Waals surface area contributed by atoms with Gasteiger partial charge in [0.1, 0.15) is 0 Å². The second-order valence-electron chi connectivity index (χ2n) is 2.87. The first kappa shape index (κ1) is 13.0. The molecule has 0 heterocycles. The van der Waals surface area contributed by atoms with Gasteiger partial charge in [0, 0.05) is 19.2 Å². The summed E-state index contributed by atoms with van der Waals surface area (Å²) in [6.07, 6.45) is -4.12. The van der Waals surface area contributed by atoms with E-state index in [1.807, 2.05) is 0 Å². The van der Waals surface area contributed by atoms with E-state index in [4.69, 9.17) is 5.11 Å². The van der Waals surface area contributed by atoms with Crippen molar-refractivity contribution in [1.29, 1.82) is 0 Å². The molecule has 0 aromatic rings. The quantitative estimate of drug-likeness (QED) is 0.536. The smallest absolute Gasteiger partial charge is 0.390 e. The van der Waals surface area contributed by atoms with Gasteiger partial charge < -0.3 is 10.4 Å². The summed E-state index contributed by atoms with van der Waals surface area (Å²) >= 11 is 0. The summed E-state index contributed by atoms with van der Waals surface area (Å²) in [5.74, 6) is -1.10. The molecular formula is C8H12F3NO2. The van der Waals surface area contributed by atoms with E-state index in [1.165, 1.54) is 6.92 Å². The van der Waals surface area contributed by atoms with Crippen molar-refractivity contribution in [3.8, 4) is 0 Å². The summed E-state index contributed by atoms with van der Waals surface area (Å²) in [6.45, 7) is 1.49. The fourth-order valence-corrected chi connectivity index (χ4v) is 0.777. The van der Waals surface area contributed by atoms with Crippen molar-refractivity contribution in [3.63, 3.8) is 0 Å². The molecule has 0 aromatic heterocycles. The van der Waals surface area contributed by atoms with Gasteiger partial charge in [-0.1, -0.05) is 5.57 Å². The van der Waals surface area contributed by atoms with Crippen LogP contribution in [0.4, 0.5) is 13.2 Å². The van der Waals surface area contributed by atoms with Crippen molar-refractivity contribution in [2.45, 2.75) is 19.5 Å². The third-order valence-electron chi connectivity index (χ3n) is 1.36. The molecule has 6 heteroatoms. The molecule has 0 saturated heterocycles. The number of hydrogen-bond donors (Lipinski definition) is 2. The minimum atomic E-state index is -4.17. The van der Waals surface area contributed by atoms with Crippen molar-refractivity contribution >= 4 is 5.97 Å². The average Bonchev–Trinajstić information content (AvgIpc) is 1.95. The Labute approximate surface area is 79.6 Å². The van der Waals surface area contributed by atoms with Crippen molar-refractivity contribution < 1.29 is 23.1 Å². The van der Waals surface area contributed by atoms with Crippen LogP contribution in [-0.2, 0) is 4.79 Å². The van der Waals surface area contributed by atoms with Crippen molar-refractivity contribution in [2.75, 3.05) is 13.1 Å². The van der Waals surface area contributed by atoms with Crippen molar-refractivity contribution in [3.05, 3.63) is 11.6 Å². The van der Waals surface area contributed by atoms with E-state index < -0.39 is 18.6 Å². The van der Waals surface area contributed by atoms with Gasteiger partial charge in [-0.2, -0.15) is 13.2 Å². The first-order valence-electron chi connectivity index (χ1n) is 3.99. The zero-order valence-electron chi connectivity index (χ0n) is 7.69. The maximum atomic E-state index is 11.6. The fourth-order valence-electron chi connectivity index (χ4n) is 0.777.